The van der Waals surface area contributed by atoms with E-state index in [1.807, 2.05) is 59.3 Å². The second-order valence-corrected chi connectivity index (χ2v) is 9.24. The van der Waals surface area contributed by atoms with Crippen molar-refractivity contribution < 1.29 is 27.8 Å². The van der Waals surface area contributed by atoms with Gasteiger partial charge in [-0.3, -0.25) is 4.79 Å². The average molecular weight is 481 g/mol. The Labute approximate surface area is 198 Å². The number of nitrogens with one attached hydrogen (secondary N) is 1. The van der Waals surface area contributed by atoms with Gasteiger partial charge in [0, 0.05) is 0 Å². The Morgan fingerprint density at radius 3 is 2.35 bits per heavy atom. The van der Waals surface area contributed by atoms with E-state index >= 15 is 0 Å². The third kappa shape index (κ3) is 5.32. The fourth-order valence-electron chi connectivity index (χ4n) is 3.64. The summed E-state index contributed by atoms with van der Waals surface area (Å²) in [6.07, 6.45) is 1.75. The van der Waals surface area contributed by atoms with Crippen LogP contribution in [0.15, 0.2) is 84.9 Å². The van der Waals surface area contributed by atoms with Crippen LogP contribution >= 0.6 is 0 Å². The van der Waals surface area contributed by atoms with Gasteiger partial charge in [0.05, 0.1) is 19.7 Å². The molecule has 1 heterocycles. The number of esters is 1. The van der Waals surface area contributed by atoms with Crippen molar-refractivity contribution in [3.05, 3.63) is 107 Å². The van der Waals surface area contributed by atoms with Crippen molar-refractivity contribution >= 4 is 21.9 Å². The minimum absolute atomic E-state index is 0.157. The van der Waals surface area contributed by atoms with E-state index in [1.54, 1.807) is 18.2 Å². The second-order valence-electron chi connectivity index (χ2n) is 7.69. The largest absolute Gasteiger partial charge is 0.493 e. The SMILES string of the molecule is COC(=O)Cc1ccccc1Cc1ccc(N2C=C(O)NS2(=O)=O)c(OCc2ccccc2)c1. The van der Waals surface area contributed by atoms with Gasteiger partial charge in [0.25, 0.3) is 0 Å². The van der Waals surface area contributed by atoms with Crippen LogP contribution in [0, 0.1) is 0 Å². The number of benzene rings is 3. The number of aliphatic hydroxyl groups excluding tert-OH is 1. The van der Waals surface area contributed by atoms with Crippen LogP contribution in [-0.4, -0.2) is 26.6 Å². The van der Waals surface area contributed by atoms with Crippen LogP contribution in [0.4, 0.5) is 5.69 Å². The molecule has 3 aromatic rings. The molecule has 8 nitrogen and oxygen atoms in total. The minimum atomic E-state index is -3.98. The van der Waals surface area contributed by atoms with Gasteiger partial charge < -0.3 is 14.6 Å². The Balaban J connectivity index is 1.67. The number of anilines is 1. The van der Waals surface area contributed by atoms with Crippen LogP contribution in [-0.2, 0) is 39.2 Å². The number of rotatable bonds is 8. The molecule has 1 aliphatic heterocycles. The summed E-state index contributed by atoms with van der Waals surface area (Å²) >= 11 is 0. The Morgan fingerprint density at radius 2 is 1.68 bits per heavy atom. The molecular weight excluding hydrogens is 456 g/mol. The van der Waals surface area contributed by atoms with E-state index < -0.39 is 16.1 Å². The number of methoxy groups -OCH3 is 1. The first-order valence-corrected chi connectivity index (χ1v) is 12.0. The molecule has 176 valence electrons. The molecule has 9 heteroatoms. The maximum Gasteiger partial charge on any atom is 0.330 e. The summed E-state index contributed by atoms with van der Waals surface area (Å²) in [7, 11) is -2.63. The summed E-state index contributed by atoms with van der Waals surface area (Å²) in [5.74, 6) is -0.467. The van der Waals surface area contributed by atoms with Crippen LogP contribution in [0.1, 0.15) is 22.3 Å². The van der Waals surface area contributed by atoms with Crippen LogP contribution in [0.3, 0.4) is 0 Å². The van der Waals surface area contributed by atoms with Gasteiger partial charge in [-0.15, -0.1) is 0 Å². The predicted molar refractivity (Wildman–Crippen MR) is 127 cm³/mol. The number of carbonyl (C=O) groups is 1. The first-order valence-electron chi connectivity index (χ1n) is 10.5. The predicted octanol–water partition coefficient (Wildman–Crippen LogP) is 3.58. The summed E-state index contributed by atoms with van der Waals surface area (Å²) in [4.78, 5) is 11.8. The van der Waals surface area contributed by atoms with E-state index in [-0.39, 0.29) is 24.7 Å². The number of nitrogens with zero attached hydrogens (tertiary/aromatic N) is 1. The Morgan fingerprint density at radius 1 is 0.971 bits per heavy atom. The van der Waals surface area contributed by atoms with Crippen LogP contribution in [0.5, 0.6) is 5.75 Å². The highest BCUT2D eigenvalue weighted by molar-refractivity contribution is 7.91. The van der Waals surface area contributed by atoms with E-state index in [0.29, 0.717) is 12.2 Å². The smallest absolute Gasteiger partial charge is 0.330 e. The highest BCUT2D eigenvalue weighted by Crippen LogP contribution is 2.35. The number of aliphatic hydroxyl groups is 1. The van der Waals surface area contributed by atoms with Gasteiger partial charge in [-0.05, 0) is 40.8 Å². The lowest BCUT2D eigenvalue weighted by Crippen LogP contribution is -2.30. The molecule has 0 bridgehead atoms. The Kier molecular flexibility index (Phi) is 6.74. The minimum Gasteiger partial charge on any atom is -0.493 e. The zero-order valence-corrected chi connectivity index (χ0v) is 19.3. The number of carbonyl (C=O) groups excluding carboxylic acids is 1. The van der Waals surface area contributed by atoms with E-state index in [9.17, 15) is 18.3 Å². The molecule has 4 rings (SSSR count). The van der Waals surface area contributed by atoms with Gasteiger partial charge in [0.2, 0.25) is 5.88 Å². The van der Waals surface area contributed by atoms with Gasteiger partial charge in [-0.1, -0.05) is 60.7 Å². The van der Waals surface area contributed by atoms with Crippen LogP contribution in [0.2, 0.25) is 0 Å². The molecule has 0 amide bonds. The molecule has 0 spiro atoms. The molecule has 0 saturated carbocycles. The number of ether oxygens (including phenoxy) is 2. The van der Waals surface area contributed by atoms with Crippen molar-refractivity contribution in [2.24, 2.45) is 0 Å². The van der Waals surface area contributed by atoms with Gasteiger partial charge in [-0.25, -0.2) is 9.03 Å². The molecule has 0 unspecified atom stereocenters. The first-order chi connectivity index (χ1) is 16.4. The van der Waals surface area contributed by atoms with Gasteiger partial charge in [0.15, 0.2) is 0 Å². The summed E-state index contributed by atoms with van der Waals surface area (Å²) in [6, 6.07) is 22.3. The molecule has 0 aromatic heterocycles. The lowest BCUT2D eigenvalue weighted by Gasteiger charge is -2.20. The highest BCUT2D eigenvalue weighted by atomic mass is 32.2. The molecule has 0 aliphatic carbocycles. The molecule has 3 aromatic carbocycles. The third-order valence-electron chi connectivity index (χ3n) is 5.31. The zero-order valence-electron chi connectivity index (χ0n) is 18.5. The standard InChI is InChI=1S/C25H24N2O6S/c1-32-25(29)15-21-10-6-5-9-20(21)13-19-11-12-22(27-16-24(28)26-34(27,30)31)23(14-19)33-17-18-7-3-2-4-8-18/h2-12,14,16,26,28H,13,15,17H2,1H3. The maximum atomic E-state index is 12.5. The normalized spacial score (nSPS) is 14.3. The lowest BCUT2D eigenvalue weighted by atomic mass is 9.97. The molecule has 0 fully saturated rings. The monoisotopic (exact) mass is 480 g/mol. The maximum absolute atomic E-state index is 12.5. The molecule has 1 aliphatic rings. The van der Waals surface area contributed by atoms with E-state index in [2.05, 4.69) is 0 Å². The zero-order chi connectivity index (χ0) is 24.1. The molecule has 0 atom stereocenters. The molecular formula is C25H24N2O6S. The van der Waals surface area contributed by atoms with E-state index in [1.165, 1.54) is 7.11 Å². The molecule has 0 radical (unpaired) electrons. The molecule has 34 heavy (non-hydrogen) atoms. The van der Waals surface area contributed by atoms with E-state index in [0.717, 1.165) is 32.8 Å². The third-order valence-corrected chi connectivity index (χ3v) is 6.59. The fourth-order valence-corrected chi connectivity index (χ4v) is 4.70. The topological polar surface area (TPSA) is 105 Å². The van der Waals surface area contributed by atoms with Crippen molar-refractivity contribution in [3.63, 3.8) is 0 Å². The average Bonchev–Trinajstić information content (AvgIpc) is 3.11. The van der Waals surface area contributed by atoms with Gasteiger partial charge in [0.1, 0.15) is 18.0 Å². The molecule has 2 N–H and O–H groups in total. The van der Waals surface area contributed by atoms with Crippen molar-refractivity contribution in [2.45, 2.75) is 19.4 Å². The second kappa shape index (κ2) is 9.88. The Hall–Kier alpha value is -3.98. The van der Waals surface area contributed by atoms with Crippen LogP contribution in [0.25, 0.3) is 0 Å². The lowest BCUT2D eigenvalue weighted by molar-refractivity contribution is -0.139. The highest BCUT2D eigenvalue weighted by Gasteiger charge is 2.31. The van der Waals surface area contributed by atoms with Crippen LogP contribution < -0.4 is 13.8 Å². The Bertz CT molecular complexity index is 1320. The molecule has 0 saturated heterocycles. The number of hydrogen-bond acceptors (Lipinski definition) is 6. The summed E-state index contributed by atoms with van der Waals surface area (Å²) in [5.41, 5.74) is 3.84. The van der Waals surface area contributed by atoms with E-state index in [4.69, 9.17) is 9.47 Å². The fraction of sp³-hybridized carbons (Fsp3) is 0.160. The summed E-state index contributed by atoms with van der Waals surface area (Å²) in [5, 5.41) is 9.72. The summed E-state index contributed by atoms with van der Waals surface area (Å²) < 4.78 is 38.7. The first kappa shape index (κ1) is 23.2. The van der Waals surface area contributed by atoms with Crippen molar-refractivity contribution in [3.8, 4) is 5.75 Å². The van der Waals surface area contributed by atoms with Crippen molar-refractivity contribution in [1.29, 1.82) is 0 Å². The summed E-state index contributed by atoms with van der Waals surface area (Å²) in [6.45, 7) is 0.229. The van der Waals surface area contributed by atoms with Gasteiger partial charge >= 0.3 is 16.2 Å². The quantitative estimate of drug-likeness (QED) is 0.478. The van der Waals surface area contributed by atoms with Gasteiger partial charge in [-0.2, -0.15) is 8.42 Å². The van der Waals surface area contributed by atoms with Crippen molar-refractivity contribution in [2.75, 3.05) is 11.4 Å². The van der Waals surface area contributed by atoms with Crippen molar-refractivity contribution in [1.82, 2.24) is 4.72 Å². The number of hydrogen-bond donors (Lipinski definition) is 2.